The van der Waals surface area contributed by atoms with E-state index >= 15 is 0 Å². The second kappa shape index (κ2) is 10.8. The number of nitrogens with one attached hydrogen (secondary N) is 2. The van der Waals surface area contributed by atoms with Crippen LogP contribution in [0.5, 0.6) is 11.5 Å². The average Bonchev–Trinajstić information content (AvgIpc) is 2.86. The summed E-state index contributed by atoms with van der Waals surface area (Å²) < 4.78 is 11.5. The van der Waals surface area contributed by atoms with E-state index in [1.165, 1.54) is 0 Å². The first-order valence-corrected chi connectivity index (χ1v) is 12.7. The molecule has 2 N–H and O–H groups in total. The summed E-state index contributed by atoms with van der Waals surface area (Å²) in [4.78, 5) is 31.2. The number of methoxy groups -OCH3 is 1. The summed E-state index contributed by atoms with van der Waals surface area (Å²) >= 11 is 0. The molecule has 2 aromatic rings. The molecule has 1 aliphatic carbocycles. The minimum atomic E-state index is -0.924. The molecule has 1 aliphatic heterocycles. The van der Waals surface area contributed by atoms with Crippen LogP contribution in [-0.2, 0) is 11.3 Å². The lowest BCUT2D eigenvalue weighted by Crippen LogP contribution is -2.61. The molecule has 2 aliphatic rings. The molecule has 0 bridgehead atoms. The Labute approximate surface area is 213 Å². The molecule has 1 saturated carbocycles. The van der Waals surface area contributed by atoms with Gasteiger partial charge in [-0.15, -0.1) is 0 Å². The molecule has 2 aromatic carbocycles. The number of likely N-dealkylation sites (N-methyl/N-ethyl adjacent to an activating group) is 1. The van der Waals surface area contributed by atoms with Gasteiger partial charge in [-0.3, -0.25) is 4.79 Å². The SMILES string of the molecule is COc1cc(NC(=O)C2(N3Cc4c(C)ccc(OCCN(C)C)c4NC3=O)CCCCC2)ccc1C. The van der Waals surface area contributed by atoms with E-state index in [4.69, 9.17) is 9.47 Å². The van der Waals surface area contributed by atoms with Crippen molar-refractivity contribution < 1.29 is 19.1 Å². The van der Waals surface area contributed by atoms with E-state index in [0.717, 1.165) is 42.5 Å². The van der Waals surface area contributed by atoms with Crippen LogP contribution in [0.15, 0.2) is 30.3 Å². The van der Waals surface area contributed by atoms with Crippen LogP contribution in [0.25, 0.3) is 0 Å². The third kappa shape index (κ3) is 5.14. The number of rotatable bonds is 8. The Hall–Kier alpha value is -3.26. The highest BCUT2D eigenvalue weighted by Crippen LogP contribution is 2.42. The summed E-state index contributed by atoms with van der Waals surface area (Å²) in [6, 6.07) is 9.30. The summed E-state index contributed by atoms with van der Waals surface area (Å²) in [5.74, 6) is 1.23. The predicted molar refractivity (Wildman–Crippen MR) is 142 cm³/mol. The standard InChI is InChI=1S/C28H38N4O4/c1-19-10-12-23(36-16-15-31(3)4)25-22(19)18-32(27(34)30-25)28(13-7-6-8-14-28)26(33)29-21-11-9-20(2)24(17-21)35-5/h9-12,17H,6-8,13-16,18H2,1-5H3,(H,29,33)(H,30,34). The van der Waals surface area contributed by atoms with Crippen molar-refractivity contribution in [3.63, 3.8) is 0 Å². The molecule has 1 heterocycles. The number of nitrogens with zero attached hydrogens (tertiary/aromatic N) is 2. The summed E-state index contributed by atoms with van der Waals surface area (Å²) in [7, 11) is 5.61. The summed E-state index contributed by atoms with van der Waals surface area (Å²) in [5.41, 5.74) is 3.50. The van der Waals surface area contributed by atoms with Gasteiger partial charge in [0.25, 0.3) is 0 Å². The third-order valence-electron chi connectivity index (χ3n) is 7.38. The van der Waals surface area contributed by atoms with Gasteiger partial charge in [0.1, 0.15) is 23.6 Å². The van der Waals surface area contributed by atoms with Crippen LogP contribution < -0.4 is 20.1 Å². The maximum Gasteiger partial charge on any atom is 0.323 e. The number of benzene rings is 2. The molecule has 0 aromatic heterocycles. The second-order valence-corrected chi connectivity index (χ2v) is 10.1. The lowest BCUT2D eigenvalue weighted by molar-refractivity contribution is -0.128. The van der Waals surface area contributed by atoms with Gasteiger partial charge in [0.2, 0.25) is 5.91 Å². The number of hydrogen-bond acceptors (Lipinski definition) is 5. The maximum absolute atomic E-state index is 13.9. The maximum atomic E-state index is 13.9. The zero-order valence-corrected chi connectivity index (χ0v) is 22.1. The van der Waals surface area contributed by atoms with Crippen LogP contribution in [0.2, 0.25) is 0 Å². The first-order chi connectivity index (χ1) is 17.2. The average molecular weight is 495 g/mol. The van der Waals surface area contributed by atoms with Gasteiger partial charge < -0.3 is 29.9 Å². The zero-order chi connectivity index (χ0) is 25.9. The molecule has 0 atom stereocenters. The lowest BCUT2D eigenvalue weighted by atomic mass is 9.78. The van der Waals surface area contributed by atoms with Crippen molar-refractivity contribution in [1.82, 2.24) is 9.80 Å². The monoisotopic (exact) mass is 494 g/mol. The smallest absolute Gasteiger partial charge is 0.323 e. The van der Waals surface area contributed by atoms with E-state index in [2.05, 4.69) is 15.5 Å². The van der Waals surface area contributed by atoms with Crippen LogP contribution >= 0.6 is 0 Å². The van der Waals surface area contributed by atoms with Crippen molar-refractivity contribution in [2.75, 3.05) is 45.0 Å². The van der Waals surface area contributed by atoms with Crippen molar-refractivity contribution in [2.45, 2.75) is 58.0 Å². The summed E-state index contributed by atoms with van der Waals surface area (Å²) in [6.07, 6.45) is 4.11. The molecule has 36 heavy (non-hydrogen) atoms. The Kier molecular flexibility index (Phi) is 7.73. The molecular weight excluding hydrogens is 456 g/mol. The number of anilines is 2. The lowest BCUT2D eigenvalue weighted by Gasteiger charge is -2.47. The molecule has 0 radical (unpaired) electrons. The van der Waals surface area contributed by atoms with E-state index < -0.39 is 5.54 Å². The van der Waals surface area contributed by atoms with Gasteiger partial charge in [-0.1, -0.05) is 31.4 Å². The van der Waals surface area contributed by atoms with Crippen LogP contribution in [0.3, 0.4) is 0 Å². The first-order valence-electron chi connectivity index (χ1n) is 12.7. The topological polar surface area (TPSA) is 83.1 Å². The fourth-order valence-corrected chi connectivity index (χ4v) is 5.18. The van der Waals surface area contributed by atoms with E-state index in [0.29, 0.717) is 48.9 Å². The number of fused-ring (bicyclic) bond motifs is 1. The Balaban J connectivity index is 1.63. The number of aryl methyl sites for hydroxylation is 2. The molecule has 0 unspecified atom stereocenters. The Morgan fingerprint density at radius 2 is 1.81 bits per heavy atom. The molecule has 8 heteroatoms. The summed E-state index contributed by atoms with van der Waals surface area (Å²) in [5, 5.41) is 6.16. The number of ether oxygens (including phenoxy) is 2. The number of urea groups is 1. The van der Waals surface area contributed by atoms with Gasteiger partial charge >= 0.3 is 6.03 Å². The Bertz CT molecular complexity index is 1120. The predicted octanol–water partition coefficient (Wildman–Crippen LogP) is 4.94. The molecule has 0 saturated heterocycles. The minimum absolute atomic E-state index is 0.150. The van der Waals surface area contributed by atoms with Crippen LogP contribution in [0.1, 0.15) is 48.8 Å². The molecule has 8 nitrogen and oxygen atoms in total. The third-order valence-corrected chi connectivity index (χ3v) is 7.38. The number of amides is 3. The highest BCUT2D eigenvalue weighted by Gasteiger charge is 2.49. The first kappa shape index (κ1) is 25.8. The molecule has 0 spiro atoms. The van der Waals surface area contributed by atoms with Gasteiger partial charge in [-0.25, -0.2) is 4.79 Å². The van der Waals surface area contributed by atoms with Gasteiger partial charge in [0, 0.05) is 23.9 Å². The van der Waals surface area contributed by atoms with Gasteiger partial charge in [-0.2, -0.15) is 0 Å². The molecule has 1 fully saturated rings. The quantitative estimate of drug-likeness (QED) is 0.543. The van der Waals surface area contributed by atoms with E-state index in [1.54, 1.807) is 12.0 Å². The number of carbonyl (C=O) groups excluding carboxylic acids is 2. The van der Waals surface area contributed by atoms with Crippen LogP contribution in [0, 0.1) is 13.8 Å². The second-order valence-electron chi connectivity index (χ2n) is 10.1. The highest BCUT2D eigenvalue weighted by molar-refractivity contribution is 6.03. The highest BCUT2D eigenvalue weighted by atomic mass is 16.5. The van der Waals surface area contributed by atoms with Crippen molar-refractivity contribution in [1.29, 1.82) is 0 Å². The van der Waals surface area contributed by atoms with E-state index in [9.17, 15) is 9.59 Å². The molecule has 4 rings (SSSR count). The van der Waals surface area contributed by atoms with E-state index in [-0.39, 0.29) is 11.9 Å². The number of carbonyl (C=O) groups is 2. The summed E-state index contributed by atoms with van der Waals surface area (Å²) in [6.45, 7) is 5.65. The molecule has 3 amide bonds. The van der Waals surface area contributed by atoms with Crippen molar-refractivity contribution in [3.8, 4) is 11.5 Å². The van der Waals surface area contributed by atoms with Crippen LogP contribution in [0.4, 0.5) is 16.2 Å². The van der Waals surface area contributed by atoms with Crippen molar-refractivity contribution >= 4 is 23.3 Å². The normalized spacial score (nSPS) is 16.8. The Morgan fingerprint density at radius 3 is 2.50 bits per heavy atom. The fraction of sp³-hybridized carbons (Fsp3) is 0.500. The van der Waals surface area contributed by atoms with Gasteiger partial charge in [0.15, 0.2) is 0 Å². The fourth-order valence-electron chi connectivity index (χ4n) is 5.18. The number of hydrogen-bond donors (Lipinski definition) is 2. The minimum Gasteiger partial charge on any atom is -0.496 e. The van der Waals surface area contributed by atoms with E-state index in [1.807, 2.05) is 58.3 Å². The molecular formula is C28H38N4O4. The van der Waals surface area contributed by atoms with Crippen molar-refractivity contribution in [2.24, 2.45) is 0 Å². The van der Waals surface area contributed by atoms with Crippen LogP contribution in [-0.4, -0.2) is 61.6 Å². The van der Waals surface area contributed by atoms with Gasteiger partial charge in [0.05, 0.1) is 19.3 Å². The van der Waals surface area contributed by atoms with Crippen molar-refractivity contribution in [3.05, 3.63) is 47.0 Å². The molecule has 194 valence electrons. The zero-order valence-electron chi connectivity index (χ0n) is 22.1. The Morgan fingerprint density at radius 1 is 1.08 bits per heavy atom. The largest absolute Gasteiger partial charge is 0.496 e. The van der Waals surface area contributed by atoms with Gasteiger partial charge in [-0.05, 0) is 64.0 Å².